The number of hydrogen-bond donors (Lipinski definition) is 3. The van der Waals surface area contributed by atoms with Crippen LogP contribution in [0.5, 0.6) is 17.2 Å². The van der Waals surface area contributed by atoms with E-state index >= 15 is 0 Å². The van der Waals surface area contributed by atoms with Crippen LogP contribution in [-0.2, 0) is 19.6 Å². The lowest BCUT2D eigenvalue weighted by Crippen LogP contribution is -2.29. The smallest absolute Gasteiger partial charge is 0.338 e. The average Bonchev–Trinajstić information content (AvgIpc) is 2.04. The van der Waals surface area contributed by atoms with Gasteiger partial charge in [0.05, 0.1) is 50.1 Å². The minimum atomic E-state index is -1.25. The Morgan fingerprint density at radius 1 is 0.402 bits per heavy atom. The van der Waals surface area contributed by atoms with Crippen LogP contribution < -0.4 is 14.2 Å². The molecule has 0 bridgehead atoms. The second kappa shape index (κ2) is 27.1. The molecule has 6 amide bonds. The number of aliphatic hydroxyl groups excluding tert-OH is 3. The summed E-state index contributed by atoms with van der Waals surface area (Å²) in [4.78, 5) is 118. The van der Waals surface area contributed by atoms with Gasteiger partial charge in [0.2, 0.25) is 0 Å². The van der Waals surface area contributed by atoms with Crippen molar-refractivity contribution in [2.24, 2.45) is 0 Å². The SMILES string of the molecule is C.C=CCN1C(=O)c2ccc(C(=O)OCC(O)COc3ccc(C(C)(c4ccc(OCC(O)COC(=O)c5ccc6c(c5)C(=O)N(CC=C)C6=O)cc4)c4ccc(OCC(O)COC(=O)c5ccc6c(c5)C(=O)N(CC=C)C6=O)cc4)cc3)cc2C1=O. The summed E-state index contributed by atoms with van der Waals surface area (Å²) in [5, 5.41) is 32.2. The first kappa shape index (κ1) is 62.7. The second-order valence-electron chi connectivity index (χ2n) is 20.2. The van der Waals surface area contributed by atoms with Gasteiger partial charge >= 0.3 is 17.9 Å². The first-order chi connectivity index (χ1) is 41.3. The Bertz CT molecular complexity index is 3330. The summed E-state index contributed by atoms with van der Waals surface area (Å²) in [5.74, 6) is -4.52. The summed E-state index contributed by atoms with van der Waals surface area (Å²) in [7, 11) is 0. The van der Waals surface area contributed by atoms with Crippen molar-refractivity contribution in [3.8, 4) is 17.2 Å². The van der Waals surface area contributed by atoms with Gasteiger partial charge < -0.3 is 43.7 Å². The zero-order chi connectivity index (χ0) is 61.4. The maximum Gasteiger partial charge on any atom is 0.338 e. The third kappa shape index (κ3) is 13.3. The molecule has 21 heteroatoms. The molecule has 21 nitrogen and oxygen atoms in total. The summed E-state index contributed by atoms with van der Waals surface area (Å²) >= 11 is 0. The Balaban J connectivity index is 0.00000982. The molecule has 0 spiro atoms. The fraction of sp³-hybridized carbons (Fsp3) is 0.227. The zero-order valence-electron chi connectivity index (χ0n) is 46.4. The van der Waals surface area contributed by atoms with Gasteiger partial charge in [0.25, 0.3) is 35.4 Å². The van der Waals surface area contributed by atoms with Crippen molar-refractivity contribution in [1.29, 1.82) is 0 Å². The number of nitrogens with zero attached hydrogens (tertiary/aromatic N) is 3. The van der Waals surface area contributed by atoms with Gasteiger partial charge in [-0.05, 0) is 115 Å². The standard InChI is InChI=1S/C65H57N3O18.CH4/c1-5-26-66-56(72)50-23-8-38(29-53(50)59(66)75)62(78)84-35-44(69)32-81-47-17-11-41(12-18-47)65(4,42-13-19-48(20-14-42)82-33-45(70)36-85-63(79)39-9-24-51-54(30-39)60(76)67(27-6-2)57(51)73)43-15-21-49(22-16-43)83-34-46(71)37-86-64(80)40-10-25-52-55(31-40)61(77)68(28-7-3)58(52)74;/h5-25,29-31,44-46,69-71H,1-3,26-28,32-37H2,4H3;1H4. The highest BCUT2D eigenvalue weighted by atomic mass is 16.6. The number of hydrogen-bond acceptors (Lipinski definition) is 18. The van der Waals surface area contributed by atoms with E-state index in [4.69, 9.17) is 28.4 Å². The van der Waals surface area contributed by atoms with Gasteiger partial charge in [0.1, 0.15) is 75.2 Å². The number of rotatable bonds is 27. The van der Waals surface area contributed by atoms with E-state index in [0.29, 0.717) is 17.2 Å². The van der Waals surface area contributed by atoms with Gasteiger partial charge in [-0.2, -0.15) is 0 Å². The number of ether oxygens (including phenoxy) is 6. The molecule has 3 atom stereocenters. The predicted molar refractivity (Wildman–Crippen MR) is 313 cm³/mol. The first-order valence-corrected chi connectivity index (χ1v) is 26.9. The Labute approximate surface area is 499 Å². The van der Waals surface area contributed by atoms with Crippen LogP contribution in [0.4, 0.5) is 0 Å². The van der Waals surface area contributed by atoms with Crippen molar-refractivity contribution in [3.63, 3.8) is 0 Å². The molecule has 448 valence electrons. The van der Waals surface area contributed by atoms with Gasteiger partial charge in [-0.3, -0.25) is 43.5 Å². The predicted octanol–water partition coefficient (Wildman–Crippen LogP) is 6.81. The Hall–Kier alpha value is -10.4. The Kier molecular flexibility index (Phi) is 19.6. The van der Waals surface area contributed by atoms with E-state index in [1.165, 1.54) is 72.8 Å². The maximum atomic E-state index is 12.9. The molecule has 9 rings (SSSR count). The Morgan fingerprint density at radius 2 is 0.644 bits per heavy atom. The number of fused-ring (bicyclic) bond motifs is 3. The van der Waals surface area contributed by atoms with Crippen LogP contribution in [0, 0.1) is 0 Å². The molecule has 3 heterocycles. The van der Waals surface area contributed by atoms with E-state index in [0.717, 1.165) is 31.4 Å². The highest BCUT2D eigenvalue weighted by Gasteiger charge is 2.38. The van der Waals surface area contributed by atoms with Crippen LogP contribution in [0.15, 0.2) is 165 Å². The average molecular weight is 1180 g/mol. The molecular formula is C66H61N3O18. The third-order valence-corrected chi connectivity index (χ3v) is 14.4. The molecule has 0 fully saturated rings. The molecule has 0 saturated heterocycles. The van der Waals surface area contributed by atoms with E-state index in [1.54, 1.807) is 36.4 Å². The normalized spacial score (nSPS) is 14.8. The van der Waals surface area contributed by atoms with Crippen molar-refractivity contribution in [2.75, 3.05) is 59.3 Å². The molecule has 87 heavy (non-hydrogen) atoms. The van der Waals surface area contributed by atoms with Crippen molar-refractivity contribution in [2.45, 2.75) is 38.1 Å². The number of aliphatic hydroxyl groups is 3. The van der Waals surface area contributed by atoms with Crippen LogP contribution in [0.2, 0.25) is 0 Å². The lowest BCUT2D eigenvalue weighted by molar-refractivity contribution is 0.0127. The van der Waals surface area contributed by atoms with E-state index in [1.807, 2.05) is 43.3 Å². The van der Waals surface area contributed by atoms with E-state index < -0.39 is 96.9 Å². The van der Waals surface area contributed by atoms with Crippen molar-refractivity contribution in [3.05, 3.63) is 232 Å². The third-order valence-electron chi connectivity index (χ3n) is 14.4. The van der Waals surface area contributed by atoms with Gasteiger partial charge in [-0.15, -0.1) is 19.7 Å². The molecule has 6 aromatic rings. The molecule has 6 aromatic carbocycles. The lowest BCUT2D eigenvalue weighted by Gasteiger charge is -2.32. The first-order valence-electron chi connectivity index (χ1n) is 26.9. The molecule has 0 saturated carbocycles. The fourth-order valence-corrected chi connectivity index (χ4v) is 9.78. The monoisotopic (exact) mass is 1180 g/mol. The summed E-state index contributed by atoms with van der Waals surface area (Å²) < 4.78 is 33.6. The molecule has 0 radical (unpaired) electrons. The van der Waals surface area contributed by atoms with E-state index in [9.17, 15) is 58.5 Å². The van der Waals surface area contributed by atoms with E-state index in [2.05, 4.69) is 19.7 Å². The number of imide groups is 3. The molecule has 3 aliphatic rings. The summed E-state index contributed by atoms with van der Waals surface area (Å²) in [5.41, 5.74) is 2.13. The number of carbonyl (C=O) groups is 9. The van der Waals surface area contributed by atoms with Gasteiger partial charge in [0.15, 0.2) is 0 Å². The quantitative estimate of drug-likeness (QED) is 0.0157. The van der Waals surface area contributed by atoms with Crippen molar-refractivity contribution >= 4 is 53.4 Å². The molecule has 0 aliphatic carbocycles. The lowest BCUT2D eigenvalue weighted by atomic mass is 9.71. The number of carbonyl (C=O) groups excluding carboxylic acids is 9. The highest BCUT2D eigenvalue weighted by molar-refractivity contribution is 6.23. The largest absolute Gasteiger partial charge is 0.491 e. The number of esters is 3. The summed E-state index contributed by atoms with van der Waals surface area (Å²) in [6, 6.07) is 33.2. The summed E-state index contributed by atoms with van der Waals surface area (Å²) in [6.45, 7) is 10.6. The van der Waals surface area contributed by atoms with Gasteiger partial charge in [-0.1, -0.05) is 62.1 Å². The van der Waals surface area contributed by atoms with Gasteiger partial charge in [0, 0.05) is 25.0 Å². The Morgan fingerprint density at radius 3 is 0.885 bits per heavy atom. The van der Waals surface area contributed by atoms with Crippen molar-refractivity contribution in [1.82, 2.24) is 14.7 Å². The van der Waals surface area contributed by atoms with Crippen LogP contribution in [0.3, 0.4) is 0 Å². The summed E-state index contributed by atoms with van der Waals surface area (Å²) in [6.07, 6.45) is 0.496. The van der Waals surface area contributed by atoms with Crippen LogP contribution in [-0.4, -0.2) is 161 Å². The molecule has 3 unspecified atom stereocenters. The second-order valence-corrected chi connectivity index (χ2v) is 20.2. The fourth-order valence-electron chi connectivity index (χ4n) is 9.78. The van der Waals surface area contributed by atoms with Crippen LogP contribution >= 0.6 is 0 Å². The molecule has 3 aliphatic heterocycles. The van der Waals surface area contributed by atoms with E-state index in [-0.39, 0.29) is 97.0 Å². The minimum Gasteiger partial charge on any atom is -0.491 e. The maximum absolute atomic E-state index is 12.9. The van der Waals surface area contributed by atoms with Crippen LogP contribution in [0.1, 0.15) is 124 Å². The molecular weight excluding hydrogens is 1120 g/mol. The number of amides is 6. The molecule has 0 aromatic heterocycles. The highest BCUT2D eigenvalue weighted by Crippen LogP contribution is 2.41. The topological polar surface area (TPSA) is 279 Å². The van der Waals surface area contributed by atoms with Crippen LogP contribution in [0.25, 0.3) is 0 Å². The zero-order valence-corrected chi connectivity index (χ0v) is 46.4. The minimum absolute atomic E-state index is 0. The number of benzene rings is 6. The van der Waals surface area contributed by atoms with Crippen molar-refractivity contribution < 1.29 is 86.9 Å². The molecule has 3 N–H and O–H groups in total. The van der Waals surface area contributed by atoms with Gasteiger partial charge in [-0.25, -0.2) is 14.4 Å².